The molecule has 0 aliphatic heterocycles. The highest BCUT2D eigenvalue weighted by Gasteiger charge is 2.32. The lowest BCUT2D eigenvalue weighted by atomic mass is 10.1. The molecular formula is C19H16F3N3O. The lowest BCUT2D eigenvalue weighted by Gasteiger charge is -2.13. The second kappa shape index (κ2) is 6.67. The second-order valence-corrected chi connectivity index (χ2v) is 6.01. The fraction of sp³-hybridized carbons (Fsp3) is 0.158. The minimum atomic E-state index is -4.56. The van der Waals surface area contributed by atoms with Gasteiger partial charge in [-0.3, -0.25) is 4.79 Å². The van der Waals surface area contributed by atoms with Crippen LogP contribution in [0.2, 0.25) is 0 Å². The third-order valence-corrected chi connectivity index (χ3v) is 3.83. The lowest BCUT2D eigenvalue weighted by Crippen LogP contribution is -2.15. The molecule has 7 heteroatoms. The number of amides is 1. The minimum absolute atomic E-state index is 0.0817. The molecule has 3 aromatic rings. The predicted octanol–water partition coefficient (Wildman–Crippen LogP) is 4.76. The van der Waals surface area contributed by atoms with Crippen LogP contribution in [0.25, 0.3) is 5.69 Å². The molecule has 1 amide bonds. The fourth-order valence-electron chi connectivity index (χ4n) is 2.46. The molecule has 0 unspecified atom stereocenters. The van der Waals surface area contributed by atoms with Gasteiger partial charge >= 0.3 is 6.18 Å². The van der Waals surface area contributed by atoms with E-state index in [-0.39, 0.29) is 11.3 Å². The Kier molecular flexibility index (Phi) is 4.54. The molecule has 0 aliphatic carbocycles. The van der Waals surface area contributed by atoms with E-state index in [1.165, 1.54) is 17.0 Å². The van der Waals surface area contributed by atoms with E-state index in [0.717, 1.165) is 17.7 Å². The normalized spacial score (nSPS) is 11.4. The van der Waals surface area contributed by atoms with Crippen LogP contribution in [-0.2, 0) is 6.18 Å². The summed E-state index contributed by atoms with van der Waals surface area (Å²) >= 11 is 0. The van der Waals surface area contributed by atoms with Crippen LogP contribution in [0.3, 0.4) is 0 Å². The Hall–Kier alpha value is -3.09. The van der Waals surface area contributed by atoms with Gasteiger partial charge in [-0.2, -0.15) is 13.2 Å². The van der Waals surface area contributed by atoms with Crippen LogP contribution < -0.4 is 5.32 Å². The number of carbonyl (C=O) groups is 1. The van der Waals surface area contributed by atoms with E-state index in [1.807, 2.05) is 6.92 Å². The molecule has 1 aromatic heterocycles. The largest absolute Gasteiger partial charge is 0.416 e. The van der Waals surface area contributed by atoms with Crippen molar-refractivity contribution < 1.29 is 18.0 Å². The number of nitrogens with one attached hydrogen (secondary N) is 1. The molecule has 0 bridgehead atoms. The maximum atomic E-state index is 13.2. The van der Waals surface area contributed by atoms with Gasteiger partial charge in [0.1, 0.15) is 0 Å². The number of benzene rings is 2. The van der Waals surface area contributed by atoms with Crippen LogP contribution in [0.1, 0.15) is 27.2 Å². The first-order valence-electron chi connectivity index (χ1n) is 7.83. The van der Waals surface area contributed by atoms with E-state index < -0.39 is 17.6 Å². The molecule has 0 spiro atoms. The van der Waals surface area contributed by atoms with Crippen molar-refractivity contribution in [3.8, 4) is 5.69 Å². The number of imidazole rings is 1. The summed E-state index contributed by atoms with van der Waals surface area (Å²) < 4.78 is 41.2. The number of rotatable bonds is 3. The van der Waals surface area contributed by atoms with Crippen molar-refractivity contribution in [3.05, 3.63) is 77.4 Å². The smallest absolute Gasteiger partial charge is 0.322 e. The number of anilines is 1. The van der Waals surface area contributed by atoms with E-state index in [1.54, 1.807) is 37.4 Å². The van der Waals surface area contributed by atoms with Gasteiger partial charge in [0.15, 0.2) is 0 Å². The standard InChI is InChI=1S/C19H16F3N3O/c1-12-3-5-16(6-4-12)24-18(26)14-7-15(19(20,21)22)9-17(8-14)25-10-13(2)23-11-25/h3-11H,1-2H3,(H,24,26). The Labute approximate surface area is 148 Å². The number of hydrogen-bond donors (Lipinski definition) is 1. The van der Waals surface area contributed by atoms with Gasteiger partial charge in [0.05, 0.1) is 17.6 Å². The highest BCUT2D eigenvalue weighted by Crippen LogP contribution is 2.32. The molecule has 134 valence electrons. The molecule has 0 atom stereocenters. The second-order valence-electron chi connectivity index (χ2n) is 6.01. The van der Waals surface area contributed by atoms with Crippen molar-refractivity contribution >= 4 is 11.6 Å². The molecule has 0 aliphatic rings. The summed E-state index contributed by atoms with van der Waals surface area (Å²) in [6.07, 6.45) is -1.56. The monoisotopic (exact) mass is 359 g/mol. The van der Waals surface area contributed by atoms with Crippen molar-refractivity contribution in [1.82, 2.24) is 9.55 Å². The third-order valence-electron chi connectivity index (χ3n) is 3.83. The van der Waals surface area contributed by atoms with Crippen molar-refractivity contribution in [1.29, 1.82) is 0 Å². The molecule has 1 heterocycles. The highest BCUT2D eigenvalue weighted by molar-refractivity contribution is 6.04. The van der Waals surface area contributed by atoms with Crippen molar-refractivity contribution in [3.63, 3.8) is 0 Å². The van der Waals surface area contributed by atoms with Gasteiger partial charge in [0, 0.05) is 23.1 Å². The van der Waals surface area contributed by atoms with Crippen LogP contribution in [0.15, 0.2) is 55.0 Å². The lowest BCUT2D eigenvalue weighted by molar-refractivity contribution is -0.137. The molecule has 1 N–H and O–H groups in total. The van der Waals surface area contributed by atoms with Gasteiger partial charge in [-0.05, 0) is 44.2 Å². The average Bonchev–Trinajstić information content (AvgIpc) is 3.02. The van der Waals surface area contributed by atoms with E-state index in [4.69, 9.17) is 0 Å². The summed E-state index contributed by atoms with van der Waals surface area (Å²) in [6.45, 7) is 3.63. The zero-order chi connectivity index (χ0) is 18.9. The van der Waals surface area contributed by atoms with Crippen LogP contribution in [0.4, 0.5) is 18.9 Å². The predicted molar refractivity (Wildman–Crippen MR) is 92.4 cm³/mol. The Morgan fingerprint density at radius 1 is 1.08 bits per heavy atom. The quantitative estimate of drug-likeness (QED) is 0.733. The van der Waals surface area contributed by atoms with Crippen molar-refractivity contribution in [2.24, 2.45) is 0 Å². The van der Waals surface area contributed by atoms with Gasteiger partial charge < -0.3 is 9.88 Å². The molecular weight excluding hydrogens is 343 g/mol. The first kappa shape index (κ1) is 17.7. The number of hydrogen-bond acceptors (Lipinski definition) is 2. The van der Waals surface area contributed by atoms with Gasteiger partial charge in [0.2, 0.25) is 0 Å². The number of alkyl halides is 3. The third kappa shape index (κ3) is 3.93. The maximum Gasteiger partial charge on any atom is 0.416 e. The molecule has 0 saturated heterocycles. The van der Waals surface area contributed by atoms with Crippen LogP contribution in [-0.4, -0.2) is 15.5 Å². The number of nitrogens with zero attached hydrogens (tertiary/aromatic N) is 2. The van der Waals surface area contributed by atoms with E-state index in [2.05, 4.69) is 10.3 Å². The Balaban J connectivity index is 1.99. The highest BCUT2D eigenvalue weighted by atomic mass is 19.4. The van der Waals surface area contributed by atoms with Crippen LogP contribution >= 0.6 is 0 Å². The van der Waals surface area contributed by atoms with E-state index >= 15 is 0 Å². The van der Waals surface area contributed by atoms with Gasteiger partial charge in [-0.25, -0.2) is 4.98 Å². The summed E-state index contributed by atoms with van der Waals surface area (Å²) in [6, 6.07) is 10.2. The molecule has 3 rings (SSSR count). The number of carbonyl (C=O) groups excluding carboxylic acids is 1. The first-order valence-corrected chi connectivity index (χ1v) is 7.83. The Bertz CT molecular complexity index is 943. The van der Waals surface area contributed by atoms with Crippen molar-refractivity contribution in [2.75, 3.05) is 5.32 Å². The molecule has 0 fully saturated rings. The van der Waals surface area contributed by atoms with Crippen LogP contribution in [0.5, 0.6) is 0 Å². The summed E-state index contributed by atoms with van der Waals surface area (Å²) in [5.74, 6) is -0.613. The molecule has 0 saturated carbocycles. The molecule has 26 heavy (non-hydrogen) atoms. The summed E-state index contributed by atoms with van der Waals surface area (Å²) in [7, 11) is 0. The summed E-state index contributed by atoms with van der Waals surface area (Å²) in [5, 5.41) is 2.62. The van der Waals surface area contributed by atoms with Gasteiger partial charge in [-0.15, -0.1) is 0 Å². The number of aryl methyl sites for hydroxylation is 2. The fourth-order valence-corrected chi connectivity index (χ4v) is 2.46. The average molecular weight is 359 g/mol. The zero-order valence-electron chi connectivity index (χ0n) is 14.1. The number of halogens is 3. The minimum Gasteiger partial charge on any atom is -0.322 e. The summed E-state index contributed by atoms with van der Waals surface area (Å²) in [4.78, 5) is 16.5. The molecule has 4 nitrogen and oxygen atoms in total. The van der Waals surface area contributed by atoms with Crippen LogP contribution in [0, 0.1) is 13.8 Å². The number of aromatic nitrogens is 2. The topological polar surface area (TPSA) is 46.9 Å². The van der Waals surface area contributed by atoms with Gasteiger partial charge in [-0.1, -0.05) is 17.7 Å². The molecule has 2 aromatic carbocycles. The zero-order valence-corrected chi connectivity index (χ0v) is 14.1. The van der Waals surface area contributed by atoms with Gasteiger partial charge in [0.25, 0.3) is 5.91 Å². The SMILES string of the molecule is Cc1ccc(NC(=O)c2cc(-n3cnc(C)c3)cc(C(F)(F)F)c2)cc1. The molecule has 0 radical (unpaired) electrons. The van der Waals surface area contributed by atoms with Crippen molar-refractivity contribution in [2.45, 2.75) is 20.0 Å². The first-order chi connectivity index (χ1) is 12.2. The summed E-state index contributed by atoms with van der Waals surface area (Å²) in [5.41, 5.74) is 1.43. The van der Waals surface area contributed by atoms with E-state index in [9.17, 15) is 18.0 Å². The Morgan fingerprint density at radius 3 is 2.35 bits per heavy atom. The Morgan fingerprint density at radius 2 is 1.77 bits per heavy atom. The maximum absolute atomic E-state index is 13.2. The van der Waals surface area contributed by atoms with E-state index in [0.29, 0.717) is 11.4 Å².